The van der Waals surface area contributed by atoms with E-state index in [2.05, 4.69) is 0 Å². The van der Waals surface area contributed by atoms with Gasteiger partial charge in [0, 0.05) is 5.56 Å². The van der Waals surface area contributed by atoms with Gasteiger partial charge in [0.05, 0.1) is 6.61 Å². The van der Waals surface area contributed by atoms with Gasteiger partial charge in [-0.3, -0.25) is 0 Å². The van der Waals surface area contributed by atoms with Gasteiger partial charge in [0.15, 0.2) is 0 Å². The van der Waals surface area contributed by atoms with Crippen LogP contribution in [-0.4, -0.2) is 6.61 Å². The van der Waals surface area contributed by atoms with Crippen LogP contribution in [0.2, 0.25) is 0 Å². The summed E-state index contributed by atoms with van der Waals surface area (Å²) in [7, 11) is 0. The number of hydrogen-bond acceptors (Lipinski definition) is 1. The maximum Gasteiger partial charge on any atom is 0.129 e. The number of epoxide rings is 1. The fourth-order valence-electron chi connectivity index (χ4n) is 1.14. The second-order valence-corrected chi connectivity index (χ2v) is 2.85. The van der Waals surface area contributed by atoms with Crippen molar-refractivity contribution in [3.8, 4) is 0 Å². The normalized spacial score (nSPS) is 21.8. The monoisotopic (exact) mass is 152 g/mol. The molecule has 1 unspecified atom stereocenters. The second-order valence-electron chi connectivity index (χ2n) is 2.85. The number of aryl methyl sites for hydroxylation is 1. The van der Waals surface area contributed by atoms with E-state index in [-0.39, 0.29) is 11.9 Å². The lowest BCUT2D eigenvalue weighted by molar-refractivity contribution is 0.408. The van der Waals surface area contributed by atoms with E-state index in [1.807, 2.05) is 13.0 Å². The second kappa shape index (κ2) is 2.31. The third-order valence-electron chi connectivity index (χ3n) is 1.83. The summed E-state index contributed by atoms with van der Waals surface area (Å²) in [6.45, 7) is 2.62. The van der Waals surface area contributed by atoms with Gasteiger partial charge >= 0.3 is 0 Å². The lowest BCUT2D eigenvalue weighted by Crippen LogP contribution is -1.88. The van der Waals surface area contributed by atoms with E-state index in [0.29, 0.717) is 12.2 Å². The molecule has 0 amide bonds. The van der Waals surface area contributed by atoms with Crippen molar-refractivity contribution in [2.75, 3.05) is 6.61 Å². The van der Waals surface area contributed by atoms with Gasteiger partial charge in [0.2, 0.25) is 0 Å². The summed E-state index contributed by atoms with van der Waals surface area (Å²) in [6, 6.07) is 5.10. The summed E-state index contributed by atoms with van der Waals surface area (Å²) >= 11 is 0. The molecule has 1 aliphatic rings. The predicted molar refractivity (Wildman–Crippen MR) is 39.8 cm³/mol. The van der Waals surface area contributed by atoms with Crippen molar-refractivity contribution >= 4 is 0 Å². The van der Waals surface area contributed by atoms with E-state index < -0.39 is 0 Å². The van der Waals surface area contributed by atoms with Crippen LogP contribution in [0.4, 0.5) is 4.39 Å². The molecule has 1 fully saturated rings. The predicted octanol–water partition coefficient (Wildman–Crippen LogP) is 2.21. The topological polar surface area (TPSA) is 12.5 Å². The molecule has 0 aromatic heterocycles. The Bertz CT molecular complexity index is 279. The van der Waals surface area contributed by atoms with Crippen molar-refractivity contribution in [2.45, 2.75) is 13.0 Å². The van der Waals surface area contributed by atoms with E-state index >= 15 is 0 Å². The molecule has 2 heteroatoms. The molecule has 0 saturated carbocycles. The highest BCUT2D eigenvalue weighted by molar-refractivity contribution is 5.27. The Labute approximate surface area is 64.8 Å². The summed E-state index contributed by atoms with van der Waals surface area (Å²) in [5, 5.41) is 0. The Kier molecular flexibility index (Phi) is 1.43. The minimum absolute atomic E-state index is 0.0231. The van der Waals surface area contributed by atoms with Crippen LogP contribution >= 0.6 is 0 Å². The standard InChI is InChI=1S/C9H9FO/c1-6-2-3-8(10)7(4-6)9-5-11-9/h2-4,9H,5H2,1H3. The molecule has 1 aromatic rings. The first kappa shape index (κ1) is 6.80. The van der Waals surface area contributed by atoms with Crippen LogP contribution in [0.25, 0.3) is 0 Å². The lowest BCUT2D eigenvalue weighted by Gasteiger charge is -1.98. The van der Waals surface area contributed by atoms with Gasteiger partial charge in [-0.05, 0) is 13.0 Å². The smallest absolute Gasteiger partial charge is 0.129 e. The Morgan fingerprint density at radius 2 is 2.27 bits per heavy atom. The third kappa shape index (κ3) is 1.26. The van der Waals surface area contributed by atoms with Crippen LogP contribution in [-0.2, 0) is 4.74 Å². The fourth-order valence-corrected chi connectivity index (χ4v) is 1.14. The van der Waals surface area contributed by atoms with Crippen molar-refractivity contribution in [2.24, 2.45) is 0 Å². The van der Waals surface area contributed by atoms with Gasteiger partial charge in [0.1, 0.15) is 11.9 Å². The lowest BCUT2D eigenvalue weighted by atomic mass is 10.1. The number of rotatable bonds is 1. The van der Waals surface area contributed by atoms with Gasteiger partial charge < -0.3 is 4.74 Å². The quantitative estimate of drug-likeness (QED) is 0.562. The van der Waals surface area contributed by atoms with E-state index in [4.69, 9.17) is 4.74 Å². The van der Waals surface area contributed by atoms with E-state index in [1.54, 1.807) is 6.07 Å². The summed E-state index contributed by atoms with van der Waals surface area (Å²) in [4.78, 5) is 0. The maximum absolute atomic E-state index is 13.0. The largest absolute Gasteiger partial charge is 0.368 e. The summed E-state index contributed by atoms with van der Waals surface area (Å²) in [5.74, 6) is -0.155. The Morgan fingerprint density at radius 1 is 1.55 bits per heavy atom. The minimum Gasteiger partial charge on any atom is -0.368 e. The third-order valence-corrected chi connectivity index (χ3v) is 1.83. The van der Waals surface area contributed by atoms with Crippen LogP contribution in [0.5, 0.6) is 0 Å². The molecular formula is C9H9FO. The molecule has 2 rings (SSSR count). The first-order valence-electron chi connectivity index (χ1n) is 3.65. The molecule has 0 bridgehead atoms. The Balaban J connectivity index is 2.42. The Hall–Kier alpha value is -0.890. The molecule has 0 radical (unpaired) electrons. The zero-order valence-electron chi connectivity index (χ0n) is 6.30. The number of hydrogen-bond donors (Lipinski definition) is 0. The van der Waals surface area contributed by atoms with Gasteiger partial charge in [-0.1, -0.05) is 17.7 Å². The molecule has 1 heterocycles. The highest BCUT2D eigenvalue weighted by Gasteiger charge is 2.27. The van der Waals surface area contributed by atoms with Crippen molar-refractivity contribution in [3.05, 3.63) is 35.1 Å². The fraction of sp³-hybridized carbons (Fsp3) is 0.333. The molecule has 58 valence electrons. The molecule has 1 atom stereocenters. The number of benzene rings is 1. The summed E-state index contributed by atoms with van der Waals surface area (Å²) in [6.07, 6.45) is 0.0231. The molecular weight excluding hydrogens is 143 g/mol. The molecule has 0 N–H and O–H groups in total. The maximum atomic E-state index is 13.0. The molecule has 0 aliphatic carbocycles. The average Bonchev–Trinajstić information content (AvgIpc) is 2.76. The van der Waals surface area contributed by atoms with Crippen LogP contribution in [0.15, 0.2) is 18.2 Å². The summed E-state index contributed by atoms with van der Waals surface area (Å²) < 4.78 is 18.0. The molecule has 1 aromatic carbocycles. The van der Waals surface area contributed by atoms with E-state index in [1.165, 1.54) is 6.07 Å². The molecule has 11 heavy (non-hydrogen) atoms. The van der Waals surface area contributed by atoms with E-state index in [0.717, 1.165) is 5.56 Å². The van der Waals surface area contributed by atoms with Gasteiger partial charge in [0.25, 0.3) is 0 Å². The van der Waals surface area contributed by atoms with Crippen LogP contribution in [0.3, 0.4) is 0 Å². The SMILES string of the molecule is Cc1ccc(F)c(C2CO2)c1. The zero-order chi connectivity index (χ0) is 7.84. The van der Waals surface area contributed by atoms with Crippen molar-refractivity contribution < 1.29 is 9.13 Å². The van der Waals surface area contributed by atoms with Crippen molar-refractivity contribution in [3.63, 3.8) is 0 Å². The first-order valence-corrected chi connectivity index (χ1v) is 3.65. The van der Waals surface area contributed by atoms with Gasteiger partial charge in [-0.15, -0.1) is 0 Å². The van der Waals surface area contributed by atoms with Gasteiger partial charge in [-0.2, -0.15) is 0 Å². The van der Waals surface area contributed by atoms with E-state index in [9.17, 15) is 4.39 Å². The Morgan fingerprint density at radius 3 is 2.91 bits per heavy atom. The van der Waals surface area contributed by atoms with Gasteiger partial charge in [-0.25, -0.2) is 4.39 Å². The minimum atomic E-state index is -0.155. The highest BCUT2D eigenvalue weighted by atomic mass is 19.1. The summed E-state index contributed by atoms with van der Waals surface area (Å²) in [5.41, 5.74) is 1.78. The molecule has 1 aliphatic heterocycles. The average molecular weight is 152 g/mol. The van der Waals surface area contributed by atoms with Crippen LogP contribution in [0, 0.1) is 12.7 Å². The van der Waals surface area contributed by atoms with Crippen molar-refractivity contribution in [1.29, 1.82) is 0 Å². The number of ether oxygens (including phenoxy) is 1. The number of halogens is 1. The first-order chi connectivity index (χ1) is 5.27. The molecule has 0 spiro atoms. The molecule has 1 saturated heterocycles. The van der Waals surface area contributed by atoms with Crippen LogP contribution < -0.4 is 0 Å². The van der Waals surface area contributed by atoms with Crippen LogP contribution in [0.1, 0.15) is 17.2 Å². The van der Waals surface area contributed by atoms with Crippen molar-refractivity contribution in [1.82, 2.24) is 0 Å². The zero-order valence-corrected chi connectivity index (χ0v) is 6.30. The highest BCUT2D eigenvalue weighted by Crippen LogP contribution is 2.31. The molecule has 1 nitrogen and oxygen atoms in total.